The topological polar surface area (TPSA) is 81.3 Å². The van der Waals surface area contributed by atoms with Crippen molar-refractivity contribution in [1.29, 1.82) is 0 Å². The predicted molar refractivity (Wildman–Crippen MR) is 104 cm³/mol. The lowest BCUT2D eigenvalue weighted by molar-refractivity contribution is -0.135. The molecule has 0 unspecified atom stereocenters. The van der Waals surface area contributed by atoms with Crippen LogP contribution >= 0.6 is 0 Å². The van der Waals surface area contributed by atoms with Gasteiger partial charge in [-0.2, -0.15) is 0 Å². The summed E-state index contributed by atoms with van der Waals surface area (Å²) in [7, 11) is 0. The van der Waals surface area contributed by atoms with Crippen molar-refractivity contribution < 1.29 is 9.59 Å². The minimum atomic E-state index is -0.199. The molecular weight excluding hydrogens is 342 g/mol. The van der Waals surface area contributed by atoms with Crippen molar-refractivity contribution in [2.75, 3.05) is 19.6 Å². The van der Waals surface area contributed by atoms with Gasteiger partial charge in [0.05, 0.1) is 18.1 Å². The van der Waals surface area contributed by atoms with Gasteiger partial charge in [-0.05, 0) is 40.0 Å². The molecule has 3 rings (SSSR count). The summed E-state index contributed by atoms with van der Waals surface area (Å²) < 4.78 is 0. The zero-order chi connectivity index (χ0) is 19.4. The molecule has 2 atom stereocenters. The van der Waals surface area contributed by atoms with Crippen LogP contribution in [0.2, 0.25) is 0 Å². The van der Waals surface area contributed by atoms with Gasteiger partial charge in [-0.25, -0.2) is 4.98 Å². The zero-order valence-electron chi connectivity index (χ0n) is 16.8. The SMILES string of the molecule is CCN(CC)C(=O)[C@@H]1C[C@H](NC(=O)C2CCCC2)CN1Cc1nc[nH]c1C. The van der Waals surface area contributed by atoms with E-state index in [0.29, 0.717) is 32.6 Å². The number of hydrogen-bond acceptors (Lipinski definition) is 4. The number of H-pyrrole nitrogens is 1. The van der Waals surface area contributed by atoms with Crippen LogP contribution in [0, 0.1) is 12.8 Å². The second-order valence-corrected chi connectivity index (χ2v) is 7.85. The van der Waals surface area contributed by atoms with Crippen LogP contribution in [0.4, 0.5) is 0 Å². The van der Waals surface area contributed by atoms with Crippen LogP contribution in [0.5, 0.6) is 0 Å². The third kappa shape index (κ3) is 4.51. The highest BCUT2D eigenvalue weighted by Crippen LogP contribution is 2.27. The molecular formula is C20H33N5O2. The first-order chi connectivity index (χ1) is 13.0. The lowest BCUT2D eigenvalue weighted by Crippen LogP contribution is -2.45. The summed E-state index contributed by atoms with van der Waals surface area (Å²) in [4.78, 5) is 37.2. The predicted octanol–water partition coefficient (Wildman–Crippen LogP) is 1.84. The summed E-state index contributed by atoms with van der Waals surface area (Å²) >= 11 is 0. The molecule has 150 valence electrons. The second-order valence-electron chi connectivity index (χ2n) is 7.85. The number of likely N-dealkylation sites (N-methyl/N-ethyl adjacent to an activating group) is 1. The van der Waals surface area contributed by atoms with Crippen LogP contribution < -0.4 is 5.32 Å². The number of carbonyl (C=O) groups is 2. The maximum atomic E-state index is 13.1. The number of nitrogens with zero attached hydrogens (tertiary/aromatic N) is 3. The van der Waals surface area contributed by atoms with Crippen molar-refractivity contribution in [2.45, 2.75) is 71.5 Å². The molecule has 2 aliphatic rings. The van der Waals surface area contributed by atoms with Crippen molar-refractivity contribution in [3.05, 3.63) is 17.7 Å². The first-order valence-electron chi connectivity index (χ1n) is 10.4. The Labute approximate surface area is 161 Å². The van der Waals surface area contributed by atoms with E-state index in [1.807, 2.05) is 25.7 Å². The van der Waals surface area contributed by atoms with Crippen LogP contribution in [-0.4, -0.2) is 63.3 Å². The van der Waals surface area contributed by atoms with E-state index in [-0.39, 0.29) is 29.8 Å². The third-order valence-electron chi connectivity index (χ3n) is 6.12. The molecule has 1 aliphatic carbocycles. The fourth-order valence-electron chi connectivity index (χ4n) is 4.43. The maximum absolute atomic E-state index is 13.1. The summed E-state index contributed by atoms with van der Waals surface area (Å²) in [6, 6.07) is -0.170. The molecule has 7 nitrogen and oxygen atoms in total. The Balaban J connectivity index is 1.70. The van der Waals surface area contributed by atoms with Gasteiger partial charge in [0.2, 0.25) is 11.8 Å². The molecule has 1 aromatic heterocycles. The molecule has 7 heteroatoms. The Morgan fingerprint density at radius 2 is 2.00 bits per heavy atom. The van der Waals surface area contributed by atoms with Crippen LogP contribution in [-0.2, 0) is 16.1 Å². The molecule has 1 saturated heterocycles. The minimum absolute atomic E-state index is 0.0295. The van der Waals surface area contributed by atoms with E-state index < -0.39 is 0 Å². The molecule has 1 aromatic rings. The van der Waals surface area contributed by atoms with Crippen molar-refractivity contribution >= 4 is 11.8 Å². The van der Waals surface area contributed by atoms with Crippen molar-refractivity contribution in [2.24, 2.45) is 5.92 Å². The molecule has 2 N–H and O–H groups in total. The monoisotopic (exact) mass is 375 g/mol. The van der Waals surface area contributed by atoms with Crippen LogP contribution in [0.15, 0.2) is 6.33 Å². The Morgan fingerprint density at radius 1 is 1.30 bits per heavy atom. The Morgan fingerprint density at radius 3 is 2.59 bits per heavy atom. The van der Waals surface area contributed by atoms with Gasteiger partial charge in [-0.1, -0.05) is 12.8 Å². The molecule has 1 aliphatic heterocycles. The van der Waals surface area contributed by atoms with Gasteiger partial charge < -0.3 is 15.2 Å². The molecule has 0 radical (unpaired) electrons. The van der Waals surface area contributed by atoms with Gasteiger partial charge in [0.1, 0.15) is 0 Å². The number of rotatable bonds is 7. The number of aromatic amines is 1. The number of carbonyl (C=O) groups excluding carboxylic acids is 2. The number of aryl methyl sites for hydroxylation is 1. The number of hydrogen-bond donors (Lipinski definition) is 2. The van der Waals surface area contributed by atoms with Crippen LogP contribution in [0.1, 0.15) is 57.3 Å². The number of likely N-dealkylation sites (tertiary alicyclic amines) is 1. The largest absolute Gasteiger partial charge is 0.352 e. The molecule has 2 heterocycles. The zero-order valence-corrected chi connectivity index (χ0v) is 16.8. The molecule has 0 bridgehead atoms. The summed E-state index contributed by atoms with van der Waals surface area (Å²) in [5.74, 6) is 0.486. The smallest absolute Gasteiger partial charge is 0.240 e. The number of nitrogens with one attached hydrogen (secondary N) is 2. The van der Waals surface area contributed by atoms with Gasteiger partial charge in [0, 0.05) is 43.8 Å². The molecule has 0 spiro atoms. The standard InChI is InChI=1S/C20H33N5O2/c1-4-24(5-2)20(27)18-10-16(23-19(26)15-8-6-7-9-15)11-25(18)12-17-14(3)21-13-22-17/h13,15-16,18H,4-12H2,1-3H3,(H,21,22)(H,23,26)/t16-,18-/m0/s1. The summed E-state index contributed by atoms with van der Waals surface area (Å²) in [5, 5.41) is 3.23. The minimum Gasteiger partial charge on any atom is -0.352 e. The van der Waals surface area contributed by atoms with Gasteiger partial charge in [-0.15, -0.1) is 0 Å². The number of aromatic nitrogens is 2. The number of amides is 2. The highest BCUT2D eigenvalue weighted by molar-refractivity contribution is 5.83. The van der Waals surface area contributed by atoms with Crippen LogP contribution in [0.3, 0.4) is 0 Å². The molecule has 2 fully saturated rings. The van der Waals surface area contributed by atoms with Crippen molar-refractivity contribution in [3.63, 3.8) is 0 Å². The lowest BCUT2D eigenvalue weighted by Gasteiger charge is -2.28. The van der Waals surface area contributed by atoms with E-state index in [9.17, 15) is 9.59 Å². The van der Waals surface area contributed by atoms with Gasteiger partial charge in [-0.3, -0.25) is 14.5 Å². The highest BCUT2D eigenvalue weighted by atomic mass is 16.2. The Bertz CT molecular complexity index is 649. The van der Waals surface area contributed by atoms with E-state index in [1.165, 1.54) is 0 Å². The van der Waals surface area contributed by atoms with Crippen molar-refractivity contribution in [3.8, 4) is 0 Å². The van der Waals surface area contributed by atoms with Crippen molar-refractivity contribution in [1.82, 2.24) is 25.1 Å². The summed E-state index contributed by atoms with van der Waals surface area (Å²) in [6.45, 7) is 8.76. The van der Waals surface area contributed by atoms with Gasteiger partial charge in [0.25, 0.3) is 0 Å². The summed E-state index contributed by atoms with van der Waals surface area (Å²) in [6.07, 6.45) is 6.67. The van der Waals surface area contributed by atoms with E-state index in [4.69, 9.17) is 0 Å². The van der Waals surface area contributed by atoms with Gasteiger partial charge >= 0.3 is 0 Å². The third-order valence-corrected chi connectivity index (χ3v) is 6.12. The fourth-order valence-corrected chi connectivity index (χ4v) is 4.43. The summed E-state index contributed by atoms with van der Waals surface area (Å²) in [5.41, 5.74) is 2.00. The first kappa shape index (κ1) is 19.9. The quantitative estimate of drug-likeness (QED) is 0.762. The molecule has 2 amide bonds. The maximum Gasteiger partial charge on any atom is 0.240 e. The molecule has 0 aromatic carbocycles. The first-order valence-corrected chi connectivity index (χ1v) is 10.4. The highest BCUT2D eigenvalue weighted by Gasteiger charge is 2.40. The number of imidazole rings is 1. The second kappa shape index (κ2) is 8.87. The molecule has 27 heavy (non-hydrogen) atoms. The van der Waals surface area contributed by atoms with E-state index in [0.717, 1.165) is 37.1 Å². The lowest BCUT2D eigenvalue weighted by atomic mass is 10.1. The van der Waals surface area contributed by atoms with E-state index >= 15 is 0 Å². The van der Waals surface area contributed by atoms with E-state index in [2.05, 4.69) is 20.2 Å². The Kier molecular flexibility index (Phi) is 6.52. The Hall–Kier alpha value is -1.89. The van der Waals surface area contributed by atoms with E-state index in [1.54, 1.807) is 6.33 Å². The average Bonchev–Trinajstić information content (AvgIpc) is 3.39. The van der Waals surface area contributed by atoms with Crippen LogP contribution in [0.25, 0.3) is 0 Å². The molecule has 1 saturated carbocycles. The fraction of sp³-hybridized carbons (Fsp3) is 0.750. The normalized spacial score (nSPS) is 23.7. The average molecular weight is 376 g/mol. The van der Waals surface area contributed by atoms with Gasteiger partial charge in [0.15, 0.2) is 0 Å².